The highest BCUT2D eigenvalue weighted by atomic mass is 16.7. The van der Waals surface area contributed by atoms with Crippen LogP contribution in [0.2, 0.25) is 0 Å². The molecule has 0 radical (unpaired) electrons. The normalized spacial score (nSPS) is 21.0. The van der Waals surface area contributed by atoms with Gasteiger partial charge in [-0.05, 0) is 0 Å². The molecule has 66 valence electrons. The molecule has 0 spiro atoms. The molecule has 0 aromatic heterocycles. The van der Waals surface area contributed by atoms with Crippen LogP contribution >= 0.6 is 0 Å². The van der Waals surface area contributed by atoms with Gasteiger partial charge in [-0.15, -0.1) is 0 Å². The molecule has 0 unspecified atom stereocenters. The summed E-state index contributed by atoms with van der Waals surface area (Å²) in [6.45, 7) is 2.55. The van der Waals surface area contributed by atoms with E-state index in [-0.39, 0.29) is 13.2 Å². The molecule has 2 N–H and O–H groups in total. The first-order valence-electron chi connectivity index (χ1n) is 3.68. The number of hydrogen-bond acceptors (Lipinski definition) is 4. The predicted molar refractivity (Wildman–Crippen MR) is 38.0 cm³/mol. The molecule has 0 amide bonds. The Balaban J connectivity index is 2.52. The Kier molecular flexibility index (Phi) is 2.84. The van der Waals surface area contributed by atoms with Gasteiger partial charge in [-0.2, -0.15) is 0 Å². The molecule has 0 saturated carbocycles. The summed E-state index contributed by atoms with van der Waals surface area (Å²) in [6, 6.07) is 0. The first-order valence-corrected chi connectivity index (χ1v) is 3.68. The van der Waals surface area contributed by atoms with Crippen molar-refractivity contribution in [1.82, 2.24) is 0 Å². The summed E-state index contributed by atoms with van der Waals surface area (Å²) < 4.78 is 10.3. The van der Waals surface area contributed by atoms with E-state index in [1.165, 1.54) is 0 Å². The zero-order chi connectivity index (χ0) is 8.32. The zero-order valence-electron chi connectivity index (χ0n) is 6.62. The van der Waals surface area contributed by atoms with Crippen molar-refractivity contribution in [3.63, 3.8) is 0 Å². The molecule has 1 aliphatic rings. The fourth-order valence-corrected chi connectivity index (χ4v) is 0.960. The fraction of sp³-hybridized carbons (Fsp3) is 1.00. The summed E-state index contributed by atoms with van der Waals surface area (Å²) in [7, 11) is 0. The molecule has 0 aromatic carbocycles. The van der Waals surface area contributed by atoms with Crippen LogP contribution in [-0.4, -0.2) is 42.9 Å². The molecule has 0 atom stereocenters. The van der Waals surface area contributed by atoms with Gasteiger partial charge in [-0.25, -0.2) is 0 Å². The highest BCUT2D eigenvalue weighted by Crippen LogP contribution is 2.26. The highest BCUT2D eigenvalue weighted by Gasteiger charge is 2.37. The largest absolute Gasteiger partial charge is 0.396 e. The van der Waals surface area contributed by atoms with Gasteiger partial charge in [0.2, 0.25) is 0 Å². The van der Waals surface area contributed by atoms with Crippen molar-refractivity contribution in [1.29, 1.82) is 0 Å². The third-order valence-electron chi connectivity index (χ3n) is 1.91. The monoisotopic (exact) mass is 162 g/mol. The predicted octanol–water partition coefficient (Wildman–Crippen LogP) is -0.650. The van der Waals surface area contributed by atoms with E-state index in [1.54, 1.807) is 6.92 Å². The summed E-state index contributed by atoms with van der Waals surface area (Å²) in [5.41, 5.74) is -0.670. The van der Waals surface area contributed by atoms with Gasteiger partial charge in [0.05, 0.1) is 31.8 Å². The van der Waals surface area contributed by atoms with Crippen LogP contribution in [0.25, 0.3) is 0 Å². The van der Waals surface area contributed by atoms with E-state index in [2.05, 4.69) is 0 Å². The van der Waals surface area contributed by atoms with Crippen molar-refractivity contribution in [2.24, 2.45) is 5.41 Å². The smallest absolute Gasteiger partial charge is 0.167 e. The van der Waals surface area contributed by atoms with Crippen LogP contribution in [-0.2, 0) is 9.47 Å². The lowest BCUT2D eigenvalue weighted by Gasteiger charge is -2.29. The number of ether oxygens (including phenoxy) is 2. The minimum absolute atomic E-state index is 0.131. The van der Waals surface area contributed by atoms with Gasteiger partial charge in [0, 0.05) is 0 Å². The average molecular weight is 162 g/mol. The Bertz CT molecular complexity index is 116. The van der Waals surface area contributed by atoms with E-state index in [0.717, 1.165) is 0 Å². The molecule has 4 heteroatoms. The maximum Gasteiger partial charge on any atom is 0.167 e. The van der Waals surface area contributed by atoms with Gasteiger partial charge in [0.1, 0.15) is 0 Å². The highest BCUT2D eigenvalue weighted by molar-refractivity contribution is 4.78. The van der Waals surface area contributed by atoms with Crippen molar-refractivity contribution in [2.45, 2.75) is 13.2 Å². The maximum atomic E-state index is 8.93. The van der Waals surface area contributed by atoms with E-state index in [4.69, 9.17) is 19.7 Å². The molecule has 0 aromatic rings. The number of rotatable bonds is 3. The lowest BCUT2D eigenvalue weighted by atomic mass is 9.92. The first-order chi connectivity index (χ1) is 5.23. The molecular weight excluding hydrogens is 148 g/mol. The van der Waals surface area contributed by atoms with E-state index >= 15 is 0 Å². The third-order valence-corrected chi connectivity index (χ3v) is 1.91. The quantitative estimate of drug-likeness (QED) is 0.579. The van der Waals surface area contributed by atoms with Crippen molar-refractivity contribution in [2.75, 3.05) is 26.4 Å². The second-order valence-electron chi connectivity index (χ2n) is 3.04. The topological polar surface area (TPSA) is 58.9 Å². The lowest BCUT2D eigenvalue weighted by molar-refractivity contribution is -0.157. The van der Waals surface area contributed by atoms with E-state index in [1.807, 2.05) is 0 Å². The van der Waals surface area contributed by atoms with Crippen LogP contribution in [0.1, 0.15) is 6.92 Å². The Morgan fingerprint density at radius 1 is 1.27 bits per heavy atom. The zero-order valence-corrected chi connectivity index (χ0v) is 6.62. The van der Waals surface area contributed by atoms with Crippen molar-refractivity contribution in [3.8, 4) is 0 Å². The van der Waals surface area contributed by atoms with E-state index < -0.39 is 11.7 Å². The molecule has 1 fully saturated rings. The summed E-state index contributed by atoms with van der Waals surface area (Å²) in [4.78, 5) is 0. The van der Waals surface area contributed by atoms with Crippen molar-refractivity contribution >= 4 is 0 Å². The van der Waals surface area contributed by atoms with Crippen LogP contribution in [0.15, 0.2) is 0 Å². The number of aliphatic hydroxyl groups is 2. The minimum Gasteiger partial charge on any atom is -0.396 e. The standard InChI is InChI=1S/C7H14O4/c1-7(4-8,5-9)6-10-2-3-11-6/h6,8-9H,2-5H2,1H3. The van der Waals surface area contributed by atoms with Gasteiger partial charge >= 0.3 is 0 Å². The van der Waals surface area contributed by atoms with Gasteiger partial charge < -0.3 is 19.7 Å². The molecule has 1 heterocycles. The Labute approximate surface area is 65.7 Å². The molecule has 0 bridgehead atoms. The first kappa shape index (κ1) is 8.93. The van der Waals surface area contributed by atoms with Crippen LogP contribution in [0.3, 0.4) is 0 Å². The average Bonchev–Trinajstić information content (AvgIpc) is 2.55. The summed E-state index contributed by atoms with van der Waals surface area (Å²) in [5.74, 6) is 0. The van der Waals surface area contributed by atoms with Crippen molar-refractivity contribution < 1.29 is 19.7 Å². The molecule has 11 heavy (non-hydrogen) atoms. The molecule has 0 aliphatic carbocycles. The molecule has 1 aliphatic heterocycles. The molecule has 1 rings (SSSR count). The number of aliphatic hydroxyl groups excluding tert-OH is 2. The second-order valence-corrected chi connectivity index (χ2v) is 3.04. The third kappa shape index (κ3) is 1.70. The fourth-order valence-electron chi connectivity index (χ4n) is 0.960. The number of hydrogen-bond donors (Lipinski definition) is 2. The Hall–Kier alpha value is -0.160. The van der Waals surface area contributed by atoms with Gasteiger partial charge in [0.15, 0.2) is 6.29 Å². The summed E-state index contributed by atoms with van der Waals surface area (Å²) in [5, 5.41) is 17.9. The Morgan fingerprint density at radius 3 is 2.09 bits per heavy atom. The maximum absolute atomic E-state index is 8.93. The van der Waals surface area contributed by atoms with Gasteiger partial charge in [0.25, 0.3) is 0 Å². The Morgan fingerprint density at radius 2 is 1.73 bits per heavy atom. The van der Waals surface area contributed by atoms with E-state index in [9.17, 15) is 0 Å². The second kappa shape index (κ2) is 3.49. The lowest BCUT2D eigenvalue weighted by Crippen LogP contribution is -2.39. The SMILES string of the molecule is CC(CO)(CO)C1OCCO1. The summed E-state index contributed by atoms with van der Waals surface area (Å²) >= 11 is 0. The van der Waals surface area contributed by atoms with Crippen LogP contribution < -0.4 is 0 Å². The molecular formula is C7H14O4. The minimum atomic E-state index is -0.670. The molecule has 1 saturated heterocycles. The van der Waals surface area contributed by atoms with Gasteiger partial charge in [-0.1, -0.05) is 6.92 Å². The van der Waals surface area contributed by atoms with E-state index in [0.29, 0.717) is 13.2 Å². The van der Waals surface area contributed by atoms with Crippen LogP contribution in [0, 0.1) is 5.41 Å². The van der Waals surface area contributed by atoms with Crippen LogP contribution in [0.4, 0.5) is 0 Å². The van der Waals surface area contributed by atoms with Crippen LogP contribution in [0.5, 0.6) is 0 Å². The van der Waals surface area contributed by atoms with Gasteiger partial charge in [-0.3, -0.25) is 0 Å². The molecule has 4 nitrogen and oxygen atoms in total. The van der Waals surface area contributed by atoms with Crippen molar-refractivity contribution in [3.05, 3.63) is 0 Å². The summed E-state index contributed by atoms with van der Waals surface area (Å²) in [6.07, 6.45) is -0.461.